The van der Waals surface area contributed by atoms with Crippen molar-refractivity contribution in [3.8, 4) is 11.5 Å². The van der Waals surface area contributed by atoms with Crippen LogP contribution in [0.2, 0.25) is 0 Å². The molecule has 6 heteroatoms. The van der Waals surface area contributed by atoms with Crippen molar-refractivity contribution in [3.05, 3.63) is 83.9 Å². The lowest BCUT2D eigenvalue weighted by molar-refractivity contribution is 0.0686. The molecule has 0 aromatic heterocycles. The van der Waals surface area contributed by atoms with Gasteiger partial charge in [0.05, 0.1) is 23.8 Å². The van der Waals surface area contributed by atoms with Gasteiger partial charge >= 0.3 is 11.9 Å². The van der Waals surface area contributed by atoms with Gasteiger partial charge in [0, 0.05) is 6.42 Å². The van der Waals surface area contributed by atoms with E-state index in [0.29, 0.717) is 24.5 Å². The molecule has 0 saturated heterocycles. The molecule has 4 rings (SSSR count). The molecular weight excluding hydrogens is 408 g/mol. The maximum Gasteiger partial charge on any atom is 0.335 e. The van der Waals surface area contributed by atoms with E-state index in [9.17, 15) is 9.59 Å². The maximum absolute atomic E-state index is 11.1. The molecule has 4 aromatic carbocycles. The van der Waals surface area contributed by atoms with Gasteiger partial charge < -0.3 is 19.7 Å². The van der Waals surface area contributed by atoms with Crippen LogP contribution in [0.25, 0.3) is 21.5 Å². The van der Waals surface area contributed by atoms with Crippen molar-refractivity contribution < 1.29 is 29.3 Å². The predicted octanol–water partition coefficient (Wildman–Crippen LogP) is 5.63. The monoisotopic (exact) mass is 430 g/mol. The summed E-state index contributed by atoms with van der Waals surface area (Å²) in [5.41, 5.74) is 0.515. The molecule has 1 atom stereocenters. The quantitative estimate of drug-likeness (QED) is 0.377. The van der Waals surface area contributed by atoms with E-state index in [1.165, 1.54) is 0 Å². The van der Waals surface area contributed by atoms with Gasteiger partial charge in [-0.3, -0.25) is 0 Å². The zero-order chi connectivity index (χ0) is 22.7. The molecule has 0 aliphatic carbocycles. The van der Waals surface area contributed by atoms with E-state index in [1.807, 2.05) is 43.3 Å². The van der Waals surface area contributed by atoms with E-state index in [0.717, 1.165) is 21.5 Å². The van der Waals surface area contributed by atoms with Crippen molar-refractivity contribution in [1.82, 2.24) is 0 Å². The predicted molar refractivity (Wildman–Crippen MR) is 122 cm³/mol. The highest BCUT2D eigenvalue weighted by atomic mass is 16.5. The van der Waals surface area contributed by atoms with Crippen LogP contribution in [-0.4, -0.2) is 34.9 Å². The summed E-state index contributed by atoms with van der Waals surface area (Å²) in [4.78, 5) is 22.2. The van der Waals surface area contributed by atoms with Gasteiger partial charge in [-0.1, -0.05) is 24.3 Å². The average molecular weight is 430 g/mol. The van der Waals surface area contributed by atoms with Gasteiger partial charge in [0.25, 0.3) is 0 Å². The van der Waals surface area contributed by atoms with Crippen LogP contribution in [-0.2, 0) is 0 Å². The molecule has 1 unspecified atom stereocenters. The minimum atomic E-state index is -0.947. The minimum absolute atomic E-state index is 0.0793. The number of benzene rings is 4. The molecule has 4 aromatic rings. The standard InChI is InChI=1S/C26H22O6/c1-16(32-24-9-7-18-13-22(26(29)30)5-3-20(18)15-24)10-11-31-23-8-6-17-12-21(25(27)28)4-2-19(17)14-23/h2-9,12-16H,10-11H2,1H3,(H,27,28)(H,29,30). The Morgan fingerprint density at radius 1 is 0.719 bits per heavy atom. The van der Waals surface area contributed by atoms with Crippen LogP contribution in [0.5, 0.6) is 11.5 Å². The van der Waals surface area contributed by atoms with Crippen molar-refractivity contribution in [1.29, 1.82) is 0 Å². The molecule has 0 saturated carbocycles. The molecule has 32 heavy (non-hydrogen) atoms. The first-order valence-electron chi connectivity index (χ1n) is 10.2. The Kier molecular flexibility index (Phi) is 5.94. The maximum atomic E-state index is 11.1. The van der Waals surface area contributed by atoms with E-state index in [-0.39, 0.29) is 17.2 Å². The summed E-state index contributed by atoms with van der Waals surface area (Å²) < 4.78 is 11.8. The minimum Gasteiger partial charge on any atom is -0.493 e. The molecule has 0 bridgehead atoms. The Balaban J connectivity index is 1.34. The zero-order valence-electron chi connectivity index (χ0n) is 17.4. The van der Waals surface area contributed by atoms with Gasteiger partial charge in [-0.25, -0.2) is 9.59 Å². The first-order valence-corrected chi connectivity index (χ1v) is 10.2. The lowest BCUT2D eigenvalue weighted by Crippen LogP contribution is -2.15. The molecule has 0 amide bonds. The number of carboxylic acids is 2. The second-order valence-corrected chi connectivity index (χ2v) is 7.62. The van der Waals surface area contributed by atoms with E-state index in [2.05, 4.69) is 0 Å². The largest absolute Gasteiger partial charge is 0.493 e. The number of ether oxygens (including phenoxy) is 2. The van der Waals surface area contributed by atoms with Crippen LogP contribution < -0.4 is 9.47 Å². The molecule has 162 valence electrons. The lowest BCUT2D eigenvalue weighted by Gasteiger charge is -2.16. The van der Waals surface area contributed by atoms with Gasteiger partial charge in [0.2, 0.25) is 0 Å². The Morgan fingerprint density at radius 2 is 1.19 bits per heavy atom. The first kappa shape index (κ1) is 21.2. The Hall–Kier alpha value is -4.06. The normalized spacial score (nSPS) is 11.9. The summed E-state index contributed by atoms with van der Waals surface area (Å²) in [5.74, 6) is -0.462. The van der Waals surface area contributed by atoms with Crippen molar-refractivity contribution in [2.24, 2.45) is 0 Å². The summed E-state index contributed by atoms with van der Waals surface area (Å²) in [6.07, 6.45) is 0.593. The molecule has 0 radical (unpaired) electrons. The van der Waals surface area contributed by atoms with Crippen LogP contribution in [0.3, 0.4) is 0 Å². The molecular formula is C26H22O6. The number of hydrogen-bond donors (Lipinski definition) is 2. The molecule has 0 aliphatic heterocycles. The smallest absolute Gasteiger partial charge is 0.335 e. The first-order chi connectivity index (χ1) is 15.4. The molecule has 0 heterocycles. The van der Waals surface area contributed by atoms with Crippen LogP contribution in [0.1, 0.15) is 34.1 Å². The van der Waals surface area contributed by atoms with Crippen LogP contribution in [0.4, 0.5) is 0 Å². The summed E-state index contributed by atoms with van der Waals surface area (Å²) in [5, 5.41) is 21.7. The third-order valence-electron chi connectivity index (χ3n) is 5.25. The van der Waals surface area contributed by atoms with E-state index in [1.54, 1.807) is 36.4 Å². The highest BCUT2D eigenvalue weighted by Gasteiger charge is 2.09. The van der Waals surface area contributed by atoms with E-state index >= 15 is 0 Å². The molecule has 2 N–H and O–H groups in total. The lowest BCUT2D eigenvalue weighted by atomic mass is 10.1. The number of rotatable bonds is 8. The summed E-state index contributed by atoms with van der Waals surface area (Å²) in [7, 11) is 0. The molecule has 0 aliphatic rings. The Bertz CT molecular complexity index is 1310. The Morgan fingerprint density at radius 3 is 1.75 bits per heavy atom. The van der Waals surface area contributed by atoms with Crippen molar-refractivity contribution >= 4 is 33.5 Å². The number of aromatic carboxylic acids is 2. The van der Waals surface area contributed by atoms with E-state index in [4.69, 9.17) is 19.7 Å². The summed E-state index contributed by atoms with van der Waals surface area (Å²) in [6, 6.07) is 21.1. The second kappa shape index (κ2) is 8.98. The van der Waals surface area contributed by atoms with Crippen LogP contribution in [0, 0.1) is 0 Å². The molecule has 0 fully saturated rings. The van der Waals surface area contributed by atoms with Crippen LogP contribution >= 0.6 is 0 Å². The fourth-order valence-corrected chi connectivity index (χ4v) is 3.51. The van der Waals surface area contributed by atoms with Crippen molar-refractivity contribution in [2.45, 2.75) is 19.4 Å². The second-order valence-electron chi connectivity index (χ2n) is 7.62. The Labute approximate surface area is 184 Å². The fraction of sp³-hybridized carbons (Fsp3) is 0.154. The van der Waals surface area contributed by atoms with Crippen molar-refractivity contribution in [3.63, 3.8) is 0 Å². The highest BCUT2D eigenvalue weighted by molar-refractivity contribution is 5.95. The summed E-state index contributed by atoms with van der Waals surface area (Å²) in [6.45, 7) is 2.43. The van der Waals surface area contributed by atoms with Gasteiger partial charge in [0.1, 0.15) is 11.5 Å². The topological polar surface area (TPSA) is 93.1 Å². The number of fused-ring (bicyclic) bond motifs is 2. The average Bonchev–Trinajstić information content (AvgIpc) is 2.78. The highest BCUT2D eigenvalue weighted by Crippen LogP contribution is 2.25. The van der Waals surface area contributed by atoms with E-state index < -0.39 is 11.9 Å². The van der Waals surface area contributed by atoms with Crippen molar-refractivity contribution in [2.75, 3.05) is 6.61 Å². The van der Waals surface area contributed by atoms with Gasteiger partial charge in [-0.15, -0.1) is 0 Å². The number of hydrogen-bond acceptors (Lipinski definition) is 4. The summed E-state index contributed by atoms with van der Waals surface area (Å²) >= 11 is 0. The number of carbonyl (C=O) groups is 2. The SMILES string of the molecule is CC(CCOc1ccc2cc(C(=O)O)ccc2c1)Oc1ccc2cc(C(=O)O)ccc2c1. The zero-order valence-corrected chi connectivity index (χ0v) is 17.4. The fourth-order valence-electron chi connectivity index (χ4n) is 3.51. The van der Waals surface area contributed by atoms with Gasteiger partial charge in [-0.05, 0) is 77.0 Å². The third kappa shape index (κ3) is 4.81. The number of carboxylic acid groups (broad SMARTS) is 2. The molecule has 0 spiro atoms. The van der Waals surface area contributed by atoms with Gasteiger partial charge in [-0.2, -0.15) is 0 Å². The van der Waals surface area contributed by atoms with Gasteiger partial charge in [0.15, 0.2) is 0 Å². The van der Waals surface area contributed by atoms with Crippen LogP contribution in [0.15, 0.2) is 72.8 Å². The molecule has 6 nitrogen and oxygen atoms in total. The third-order valence-corrected chi connectivity index (χ3v) is 5.25.